The second kappa shape index (κ2) is 20.0. The lowest BCUT2D eigenvalue weighted by Gasteiger charge is -2.24. The van der Waals surface area contributed by atoms with Crippen LogP contribution in [0.4, 0.5) is 0 Å². The standard InChI is InChI=1S/C18H42O2S4Si2/c1-7-19-17(25(9-3)10-4)13-15-21-23-24-22-16-14-18(20-8-2)26(11-5)12-6/h17-18,25-26H,7-16H2,1-6H3. The lowest BCUT2D eigenvalue weighted by Crippen LogP contribution is -2.32. The zero-order chi connectivity index (χ0) is 19.6. The minimum Gasteiger partial charge on any atom is -0.382 e. The van der Waals surface area contributed by atoms with Gasteiger partial charge in [-0.05, 0) is 46.3 Å². The summed E-state index contributed by atoms with van der Waals surface area (Å²) in [5, 5.41) is 0. The molecule has 8 heteroatoms. The van der Waals surface area contributed by atoms with Crippen molar-refractivity contribution in [1.82, 2.24) is 0 Å². The molecule has 0 N–H and O–H groups in total. The van der Waals surface area contributed by atoms with Gasteiger partial charge >= 0.3 is 0 Å². The van der Waals surface area contributed by atoms with E-state index in [1.165, 1.54) is 48.5 Å². The minimum absolute atomic E-state index is 0.581. The molecule has 0 aromatic heterocycles. The first kappa shape index (κ1) is 27.8. The minimum atomic E-state index is -0.696. The Hall–Kier alpha value is 1.75. The summed E-state index contributed by atoms with van der Waals surface area (Å²) in [7, 11) is 6.53. The third kappa shape index (κ3) is 13.1. The average molecular weight is 475 g/mol. The summed E-state index contributed by atoms with van der Waals surface area (Å²) in [5.41, 5.74) is 1.16. The van der Waals surface area contributed by atoms with E-state index in [-0.39, 0.29) is 0 Å². The summed E-state index contributed by atoms with van der Waals surface area (Å²) in [6.45, 7) is 15.4. The van der Waals surface area contributed by atoms with Crippen molar-refractivity contribution in [1.29, 1.82) is 0 Å². The maximum absolute atomic E-state index is 6.04. The topological polar surface area (TPSA) is 18.5 Å². The van der Waals surface area contributed by atoms with Crippen molar-refractivity contribution in [2.24, 2.45) is 0 Å². The van der Waals surface area contributed by atoms with Gasteiger partial charge in [0.1, 0.15) is 0 Å². The molecular formula is C18H42O2S4Si2. The molecule has 2 atom stereocenters. The molecule has 0 aromatic carbocycles. The normalized spacial score (nSPS) is 14.3. The van der Waals surface area contributed by atoms with Crippen molar-refractivity contribution in [3.63, 3.8) is 0 Å². The molecule has 0 spiro atoms. The van der Waals surface area contributed by atoms with Gasteiger partial charge < -0.3 is 9.47 Å². The van der Waals surface area contributed by atoms with Gasteiger partial charge in [-0.15, -0.1) is 0 Å². The van der Waals surface area contributed by atoms with E-state index in [1.54, 1.807) is 0 Å². The van der Waals surface area contributed by atoms with Crippen LogP contribution in [0.3, 0.4) is 0 Å². The maximum atomic E-state index is 6.04. The van der Waals surface area contributed by atoms with Crippen LogP contribution < -0.4 is 0 Å². The van der Waals surface area contributed by atoms with E-state index in [2.05, 4.69) is 41.5 Å². The average Bonchev–Trinajstić information content (AvgIpc) is 2.65. The molecule has 0 aromatic rings. The number of hydrogen-bond donors (Lipinski definition) is 0. The van der Waals surface area contributed by atoms with Crippen molar-refractivity contribution in [2.75, 3.05) is 24.7 Å². The molecule has 0 aliphatic heterocycles. The van der Waals surface area contributed by atoms with Crippen molar-refractivity contribution in [3.05, 3.63) is 0 Å². The summed E-state index contributed by atoms with van der Waals surface area (Å²) >= 11 is 0. The molecule has 0 saturated heterocycles. The van der Waals surface area contributed by atoms with Crippen molar-refractivity contribution in [2.45, 2.75) is 90.0 Å². The van der Waals surface area contributed by atoms with Crippen LogP contribution in [0.1, 0.15) is 54.4 Å². The highest BCUT2D eigenvalue weighted by atomic mass is 33.7. The third-order valence-electron chi connectivity index (χ3n) is 5.01. The van der Waals surface area contributed by atoms with Crippen molar-refractivity contribution in [3.8, 4) is 0 Å². The number of ether oxygens (including phenoxy) is 2. The number of rotatable bonds is 19. The first-order chi connectivity index (χ1) is 12.7. The van der Waals surface area contributed by atoms with Crippen molar-refractivity contribution < 1.29 is 9.47 Å². The largest absolute Gasteiger partial charge is 0.382 e. The Labute approximate surface area is 182 Å². The third-order valence-corrected chi connectivity index (χ3v) is 18.9. The SMILES string of the molecule is CCOC(CCSSSSCCC(OCC)[SiH](CC)CC)[SiH](CC)CC. The second-order valence-electron chi connectivity index (χ2n) is 6.50. The molecular weight excluding hydrogens is 433 g/mol. The van der Waals surface area contributed by atoms with Crippen LogP contribution >= 0.6 is 41.2 Å². The van der Waals surface area contributed by atoms with E-state index >= 15 is 0 Å². The summed E-state index contributed by atoms with van der Waals surface area (Å²) in [6.07, 6.45) is 2.48. The molecule has 0 aliphatic carbocycles. The fourth-order valence-electron chi connectivity index (χ4n) is 3.40. The smallest absolute Gasteiger partial charge is 0.0712 e. The van der Waals surface area contributed by atoms with Crippen LogP contribution in [0.2, 0.25) is 24.2 Å². The van der Waals surface area contributed by atoms with E-state index in [0.717, 1.165) is 13.2 Å². The summed E-state index contributed by atoms with van der Waals surface area (Å²) < 4.78 is 12.1. The lowest BCUT2D eigenvalue weighted by atomic mass is 10.5. The first-order valence-corrected chi connectivity index (χ1v) is 20.2. The van der Waals surface area contributed by atoms with E-state index < -0.39 is 17.6 Å². The highest BCUT2D eigenvalue weighted by Gasteiger charge is 2.21. The molecule has 0 fully saturated rings. The highest BCUT2D eigenvalue weighted by Crippen LogP contribution is 2.43. The van der Waals surface area contributed by atoms with E-state index in [1.807, 2.05) is 41.2 Å². The Kier molecular flexibility index (Phi) is 21.4. The van der Waals surface area contributed by atoms with Gasteiger partial charge in [0.15, 0.2) is 0 Å². The molecule has 0 amide bonds. The number of hydrogen-bond acceptors (Lipinski definition) is 6. The lowest BCUT2D eigenvalue weighted by molar-refractivity contribution is 0.111. The monoisotopic (exact) mass is 474 g/mol. The predicted molar refractivity (Wildman–Crippen MR) is 136 cm³/mol. The Morgan fingerprint density at radius 2 is 0.962 bits per heavy atom. The molecule has 0 aliphatic rings. The van der Waals surface area contributed by atoms with Gasteiger partial charge in [0.2, 0.25) is 0 Å². The summed E-state index contributed by atoms with van der Waals surface area (Å²) in [5.74, 6) is 2.43. The van der Waals surface area contributed by atoms with E-state index in [4.69, 9.17) is 9.47 Å². The second-order valence-corrected chi connectivity index (χ2v) is 20.5. The van der Waals surface area contributed by atoms with Gasteiger partial charge in [-0.1, -0.05) is 73.5 Å². The highest BCUT2D eigenvalue weighted by molar-refractivity contribution is 9.26. The van der Waals surface area contributed by atoms with Crippen LogP contribution in [0.25, 0.3) is 0 Å². The first-order valence-electron chi connectivity index (χ1n) is 10.5. The molecule has 26 heavy (non-hydrogen) atoms. The van der Waals surface area contributed by atoms with E-state index in [9.17, 15) is 0 Å². The molecule has 0 saturated carbocycles. The van der Waals surface area contributed by atoms with Gasteiger partial charge in [-0.3, -0.25) is 0 Å². The quantitative estimate of drug-likeness (QED) is 0.115. The summed E-state index contributed by atoms with van der Waals surface area (Å²) in [4.78, 5) is 0. The van der Waals surface area contributed by atoms with E-state index in [0.29, 0.717) is 11.5 Å². The Bertz CT molecular complexity index is 268. The van der Waals surface area contributed by atoms with Crippen LogP contribution in [0.5, 0.6) is 0 Å². The van der Waals surface area contributed by atoms with Gasteiger partial charge in [-0.2, -0.15) is 0 Å². The van der Waals surface area contributed by atoms with Crippen LogP contribution in [-0.4, -0.2) is 53.8 Å². The zero-order valence-corrected chi connectivity index (χ0v) is 23.4. The predicted octanol–water partition coefficient (Wildman–Crippen LogP) is 6.87. The van der Waals surface area contributed by atoms with Gasteiger partial charge in [0.05, 0.1) is 17.6 Å². The molecule has 158 valence electrons. The van der Waals surface area contributed by atoms with Crippen LogP contribution in [0, 0.1) is 0 Å². The summed E-state index contributed by atoms with van der Waals surface area (Å²) in [6, 6.07) is 5.46. The van der Waals surface area contributed by atoms with Gasteiger partial charge in [0, 0.05) is 36.2 Å². The molecule has 2 nitrogen and oxygen atoms in total. The Morgan fingerprint density at radius 3 is 1.23 bits per heavy atom. The zero-order valence-electron chi connectivity index (χ0n) is 17.8. The van der Waals surface area contributed by atoms with Gasteiger partial charge in [0.25, 0.3) is 0 Å². The van der Waals surface area contributed by atoms with Crippen LogP contribution in [-0.2, 0) is 9.47 Å². The van der Waals surface area contributed by atoms with Crippen LogP contribution in [0.15, 0.2) is 0 Å². The van der Waals surface area contributed by atoms with Gasteiger partial charge in [-0.25, -0.2) is 0 Å². The maximum Gasteiger partial charge on any atom is 0.0712 e. The molecule has 0 radical (unpaired) electrons. The molecule has 2 unspecified atom stereocenters. The molecule has 0 bridgehead atoms. The van der Waals surface area contributed by atoms with Crippen molar-refractivity contribution >= 4 is 58.8 Å². The molecule has 0 rings (SSSR count). The fraction of sp³-hybridized carbons (Fsp3) is 1.00. The Morgan fingerprint density at radius 1 is 0.615 bits per heavy atom. The Balaban J connectivity index is 3.84. The molecule has 0 heterocycles. The fourth-order valence-corrected chi connectivity index (χ4v) is 15.5.